The molecular weight excluding hydrogens is 432 g/mol. The number of aryl methyl sites for hydroxylation is 1. The van der Waals surface area contributed by atoms with Gasteiger partial charge in [-0.05, 0) is 41.9 Å². The first-order valence-electron chi connectivity index (χ1n) is 11.2. The summed E-state index contributed by atoms with van der Waals surface area (Å²) in [5.74, 6) is -0.466. The molecule has 0 unspecified atom stereocenters. The summed E-state index contributed by atoms with van der Waals surface area (Å²) in [5.41, 5.74) is 5.71. The second kappa shape index (κ2) is 9.67. The van der Waals surface area contributed by atoms with Crippen LogP contribution in [0.2, 0.25) is 0 Å². The molecule has 0 aliphatic rings. The maximum absolute atomic E-state index is 12.2. The van der Waals surface area contributed by atoms with Gasteiger partial charge in [-0.3, -0.25) is 14.9 Å². The van der Waals surface area contributed by atoms with E-state index in [-0.39, 0.29) is 22.3 Å². The van der Waals surface area contributed by atoms with Gasteiger partial charge in [0.1, 0.15) is 0 Å². The van der Waals surface area contributed by atoms with Crippen LogP contribution in [-0.2, 0) is 10.2 Å². The van der Waals surface area contributed by atoms with Crippen LogP contribution in [0.15, 0.2) is 47.6 Å². The fraction of sp³-hybridized carbons (Fsp3) is 0.385. The predicted octanol–water partition coefficient (Wildman–Crippen LogP) is 5.63. The topological polar surface area (TPSA) is 110 Å². The van der Waals surface area contributed by atoms with Crippen molar-refractivity contribution >= 4 is 28.7 Å². The van der Waals surface area contributed by atoms with Crippen molar-refractivity contribution in [2.45, 2.75) is 53.4 Å². The van der Waals surface area contributed by atoms with E-state index < -0.39 is 17.4 Å². The highest BCUT2D eigenvalue weighted by Gasteiger charge is 2.29. The lowest BCUT2D eigenvalue weighted by atomic mass is 9.72. The fourth-order valence-corrected chi connectivity index (χ4v) is 4.44. The number of amides is 1. The maximum atomic E-state index is 12.2. The van der Waals surface area contributed by atoms with E-state index in [2.05, 4.69) is 50.1 Å². The lowest BCUT2D eigenvalue weighted by Gasteiger charge is -2.33. The number of carbonyl (C=O) groups excluding carboxylic acids is 1. The van der Waals surface area contributed by atoms with Crippen molar-refractivity contribution in [2.75, 3.05) is 6.61 Å². The molecule has 3 aromatic rings. The Labute approximate surface area is 199 Å². The zero-order valence-corrected chi connectivity index (χ0v) is 20.6. The van der Waals surface area contributed by atoms with E-state index >= 15 is 0 Å². The van der Waals surface area contributed by atoms with Gasteiger partial charge in [-0.1, -0.05) is 58.9 Å². The van der Waals surface area contributed by atoms with E-state index in [0.717, 1.165) is 34.1 Å². The SMILES string of the molecule is Cc1[nH]c2ccccc2c1/C=N/NC(=O)COc1ccc(C(C)(C)CC(C)(C)C)cc1[N+](=O)[O-]. The van der Waals surface area contributed by atoms with Crippen LogP contribution >= 0.6 is 0 Å². The third-order valence-electron chi connectivity index (χ3n) is 5.59. The molecule has 0 saturated carbocycles. The van der Waals surface area contributed by atoms with Crippen molar-refractivity contribution in [1.29, 1.82) is 0 Å². The molecule has 1 heterocycles. The molecule has 2 N–H and O–H groups in total. The minimum absolute atomic E-state index is 0.0481. The van der Waals surface area contributed by atoms with Crippen LogP contribution in [0.5, 0.6) is 5.75 Å². The maximum Gasteiger partial charge on any atom is 0.311 e. The van der Waals surface area contributed by atoms with Crippen molar-refractivity contribution in [3.8, 4) is 5.75 Å². The Hall–Kier alpha value is -3.68. The van der Waals surface area contributed by atoms with Crippen molar-refractivity contribution in [1.82, 2.24) is 10.4 Å². The first-order valence-corrected chi connectivity index (χ1v) is 11.2. The second-order valence-electron chi connectivity index (χ2n) is 10.4. The minimum atomic E-state index is -0.514. The van der Waals surface area contributed by atoms with Gasteiger partial charge in [-0.2, -0.15) is 5.10 Å². The van der Waals surface area contributed by atoms with Crippen molar-refractivity contribution in [2.24, 2.45) is 10.5 Å². The molecule has 0 saturated heterocycles. The summed E-state index contributed by atoms with van der Waals surface area (Å²) in [5, 5.41) is 16.7. The van der Waals surface area contributed by atoms with Crippen molar-refractivity contribution in [3.63, 3.8) is 0 Å². The van der Waals surface area contributed by atoms with E-state index in [0.29, 0.717) is 0 Å². The lowest BCUT2D eigenvalue weighted by molar-refractivity contribution is -0.385. The number of nitro groups is 1. The highest BCUT2D eigenvalue weighted by Crippen LogP contribution is 2.39. The van der Waals surface area contributed by atoms with Gasteiger partial charge in [0.2, 0.25) is 0 Å². The summed E-state index contributed by atoms with van der Waals surface area (Å²) in [6.07, 6.45) is 2.42. The standard InChI is InChI=1S/C26H32N4O4/c1-17-20(19-9-7-8-10-21(19)28-17)14-27-29-24(31)15-34-23-12-11-18(13-22(23)30(32)33)26(5,6)16-25(2,3)4/h7-14,28H,15-16H2,1-6H3,(H,29,31)/b27-14+. The van der Waals surface area contributed by atoms with Gasteiger partial charge in [0, 0.05) is 28.2 Å². The molecule has 34 heavy (non-hydrogen) atoms. The summed E-state index contributed by atoms with van der Waals surface area (Å²) < 4.78 is 5.48. The van der Waals surface area contributed by atoms with Gasteiger partial charge in [-0.15, -0.1) is 0 Å². The predicted molar refractivity (Wildman–Crippen MR) is 134 cm³/mol. The molecule has 180 valence electrons. The molecule has 0 aliphatic heterocycles. The smallest absolute Gasteiger partial charge is 0.311 e. The Kier molecular flexibility index (Phi) is 7.09. The van der Waals surface area contributed by atoms with Crippen LogP contribution in [-0.4, -0.2) is 28.6 Å². The van der Waals surface area contributed by atoms with Crippen LogP contribution in [0.25, 0.3) is 10.9 Å². The van der Waals surface area contributed by atoms with Gasteiger partial charge >= 0.3 is 5.69 Å². The molecule has 1 aromatic heterocycles. The summed E-state index contributed by atoms with van der Waals surface area (Å²) in [4.78, 5) is 26.7. The Bertz CT molecular complexity index is 1240. The van der Waals surface area contributed by atoms with Gasteiger partial charge < -0.3 is 9.72 Å². The van der Waals surface area contributed by atoms with E-state index in [1.165, 1.54) is 6.07 Å². The first-order chi connectivity index (χ1) is 15.9. The average molecular weight is 465 g/mol. The highest BCUT2D eigenvalue weighted by molar-refractivity contribution is 6.00. The third-order valence-corrected chi connectivity index (χ3v) is 5.59. The number of nitrogens with zero attached hydrogens (tertiary/aromatic N) is 2. The molecule has 0 aliphatic carbocycles. The number of fused-ring (bicyclic) bond motifs is 1. The lowest BCUT2D eigenvalue weighted by Crippen LogP contribution is -2.26. The molecule has 8 heteroatoms. The van der Waals surface area contributed by atoms with Crippen molar-refractivity contribution in [3.05, 3.63) is 69.4 Å². The average Bonchev–Trinajstić information content (AvgIpc) is 3.05. The van der Waals surface area contributed by atoms with Gasteiger partial charge in [0.05, 0.1) is 11.1 Å². The zero-order chi connectivity index (χ0) is 25.1. The van der Waals surface area contributed by atoms with Crippen LogP contribution in [0.3, 0.4) is 0 Å². The molecule has 2 aromatic carbocycles. The van der Waals surface area contributed by atoms with Crippen LogP contribution in [0, 0.1) is 22.5 Å². The number of rotatable bonds is 8. The third kappa shape index (κ3) is 6.01. The molecule has 0 atom stereocenters. The minimum Gasteiger partial charge on any atom is -0.477 e. The number of carbonyl (C=O) groups is 1. The fourth-order valence-electron chi connectivity index (χ4n) is 4.44. The number of aromatic nitrogens is 1. The Morgan fingerprint density at radius 3 is 2.56 bits per heavy atom. The number of nitro benzene ring substituents is 1. The largest absolute Gasteiger partial charge is 0.477 e. The number of para-hydroxylation sites is 1. The normalized spacial score (nSPS) is 12.3. The molecule has 0 spiro atoms. The Morgan fingerprint density at radius 1 is 1.18 bits per heavy atom. The second-order valence-corrected chi connectivity index (χ2v) is 10.4. The van der Waals surface area contributed by atoms with Crippen LogP contribution in [0.1, 0.15) is 57.9 Å². The number of aromatic amines is 1. The molecule has 0 bridgehead atoms. The van der Waals surface area contributed by atoms with E-state index in [1.54, 1.807) is 12.3 Å². The number of hydrogen-bond donors (Lipinski definition) is 2. The van der Waals surface area contributed by atoms with Gasteiger partial charge in [0.25, 0.3) is 5.91 Å². The number of benzene rings is 2. The molecule has 3 rings (SSSR count). The Morgan fingerprint density at radius 2 is 1.88 bits per heavy atom. The van der Waals surface area contributed by atoms with Crippen LogP contribution in [0.4, 0.5) is 5.69 Å². The molecular formula is C26H32N4O4. The molecule has 8 nitrogen and oxygen atoms in total. The number of nitrogens with one attached hydrogen (secondary N) is 2. The van der Waals surface area contributed by atoms with E-state index in [4.69, 9.17) is 4.74 Å². The van der Waals surface area contributed by atoms with Crippen LogP contribution < -0.4 is 10.2 Å². The number of hydrogen-bond acceptors (Lipinski definition) is 5. The summed E-state index contributed by atoms with van der Waals surface area (Å²) >= 11 is 0. The first kappa shape index (κ1) is 25.0. The summed E-state index contributed by atoms with van der Waals surface area (Å²) in [7, 11) is 0. The number of hydrazone groups is 1. The van der Waals surface area contributed by atoms with E-state index in [1.807, 2.05) is 37.3 Å². The van der Waals surface area contributed by atoms with Gasteiger partial charge in [-0.25, -0.2) is 5.43 Å². The summed E-state index contributed by atoms with van der Waals surface area (Å²) in [6.45, 7) is 12.1. The zero-order valence-electron chi connectivity index (χ0n) is 20.6. The van der Waals surface area contributed by atoms with Gasteiger partial charge in [0.15, 0.2) is 12.4 Å². The molecule has 0 fully saturated rings. The van der Waals surface area contributed by atoms with E-state index in [9.17, 15) is 14.9 Å². The monoisotopic (exact) mass is 464 g/mol. The highest BCUT2D eigenvalue weighted by atomic mass is 16.6. The number of H-pyrrole nitrogens is 1. The number of ether oxygens (including phenoxy) is 1. The van der Waals surface area contributed by atoms with Crippen molar-refractivity contribution < 1.29 is 14.5 Å². The Balaban J connectivity index is 1.67. The molecule has 0 radical (unpaired) electrons. The molecule has 1 amide bonds. The quantitative estimate of drug-likeness (QED) is 0.256. The summed E-state index contributed by atoms with van der Waals surface area (Å²) in [6, 6.07) is 12.7.